The third kappa shape index (κ3) is 5.86. The van der Waals surface area contributed by atoms with Crippen LogP contribution in [-0.4, -0.2) is 28.2 Å². The number of phenols is 1. The number of aromatic hydroxyl groups is 1. The summed E-state index contributed by atoms with van der Waals surface area (Å²) in [6, 6.07) is 17.7. The second-order valence-corrected chi connectivity index (χ2v) is 10.2. The average Bonchev–Trinajstić information content (AvgIpc) is 2.86. The SMILES string of the molecule is NS(=O)(=O)c1cc(-c2ccc(C(=O)Nc3ccc(O)c(N(c4ccc(F)cc4)S(=O)[O-])c3)cc2)ccc1F. The molecular formula is C25H18F2N3O6S2-. The van der Waals surface area contributed by atoms with Gasteiger partial charge in [0.05, 0.1) is 22.6 Å². The summed E-state index contributed by atoms with van der Waals surface area (Å²) in [5, 5.41) is 17.9. The molecule has 1 atom stereocenters. The van der Waals surface area contributed by atoms with Gasteiger partial charge in [-0.3, -0.25) is 13.3 Å². The third-order valence-electron chi connectivity index (χ3n) is 5.38. The molecule has 0 heterocycles. The van der Waals surface area contributed by atoms with Crippen molar-refractivity contribution in [3.63, 3.8) is 0 Å². The van der Waals surface area contributed by atoms with Gasteiger partial charge in [-0.15, -0.1) is 0 Å². The number of carbonyl (C=O) groups is 1. The Kier molecular flexibility index (Phi) is 7.55. The minimum absolute atomic E-state index is 0.0560. The summed E-state index contributed by atoms with van der Waals surface area (Å²) in [7, 11) is -4.27. The molecule has 0 bridgehead atoms. The van der Waals surface area contributed by atoms with Gasteiger partial charge < -0.3 is 15.0 Å². The van der Waals surface area contributed by atoms with Crippen LogP contribution < -0.4 is 14.8 Å². The van der Waals surface area contributed by atoms with Gasteiger partial charge in [-0.25, -0.2) is 22.3 Å². The van der Waals surface area contributed by atoms with Crippen molar-refractivity contribution in [2.24, 2.45) is 5.14 Å². The second kappa shape index (κ2) is 10.7. The number of phenolic OH excluding ortho intramolecular Hbond substituents is 1. The average molecular weight is 559 g/mol. The fraction of sp³-hybridized carbons (Fsp3) is 0. The van der Waals surface area contributed by atoms with Crippen LogP contribution >= 0.6 is 0 Å². The minimum atomic E-state index is -4.27. The number of rotatable bonds is 7. The second-order valence-electron chi connectivity index (χ2n) is 7.91. The highest BCUT2D eigenvalue weighted by atomic mass is 32.2. The van der Waals surface area contributed by atoms with Crippen molar-refractivity contribution in [3.05, 3.63) is 102 Å². The summed E-state index contributed by atoms with van der Waals surface area (Å²) in [6.07, 6.45) is 0. The van der Waals surface area contributed by atoms with Gasteiger partial charge in [0.15, 0.2) is 0 Å². The summed E-state index contributed by atoms with van der Waals surface area (Å²) >= 11 is -2.89. The smallest absolute Gasteiger partial charge is 0.255 e. The molecule has 0 saturated heterocycles. The number of hydrogen-bond donors (Lipinski definition) is 3. The van der Waals surface area contributed by atoms with E-state index in [0.717, 1.165) is 28.6 Å². The quantitative estimate of drug-likeness (QED) is 0.229. The highest BCUT2D eigenvalue weighted by Gasteiger charge is 2.18. The van der Waals surface area contributed by atoms with E-state index in [0.29, 0.717) is 11.1 Å². The van der Waals surface area contributed by atoms with E-state index in [-0.39, 0.29) is 22.6 Å². The molecule has 0 fully saturated rings. The molecule has 0 aliphatic carbocycles. The number of amides is 1. The molecular weight excluding hydrogens is 540 g/mol. The van der Waals surface area contributed by atoms with Crippen LogP contribution in [0.15, 0.2) is 89.8 Å². The van der Waals surface area contributed by atoms with Crippen LogP contribution in [-0.2, 0) is 21.3 Å². The zero-order valence-electron chi connectivity index (χ0n) is 19.2. The molecule has 0 aliphatic heterocycles. The summed E-state index contributed by atoms with van der Waals surface area (Å²) in [5.41, 5.74) is 1.07. The monoisotopic (exact) mass is 558 g/mol. The first kappa shape index (κ1) is 26.9. The number of carbonyl (C=O) groups excluding carboxylic acids is 1. The van der Waals surface area contributed by atoms with E-state index in [1.165, 1.54) is 60.7 Å². The molecule has 196 valence electrons. The lowest BCUT2D eigenvalue weighted by atomic mass is 10.0. The highest BCUT2D eigenvalue weighted by molar-refractivity contribution is 7.89. The van der Waals surface area contributed by atoms with Crippen LogP contribution in [0.2, 0.25) is 0 Å². The lowest BCUT2D eigenvalue weighted by Crippen LogP contribution is -2.20. The normalized spacial score (nSPS) is 12.1. The minimum Gasteiger partial charge on any atom is -0.755 e. The van der Waals surface area contributed by atoms with Gasteiger partial charge in [0, 0.05) is 11.3 Å². The van der Waals surface area contributed by atoms with Gasteiger partial charge in [-0.2, -0.15) is 0 Å². The number of halogens is 2. The van der Waals surface area contributed by atoms with Gasteiger partial charge >= 0.3 is 0 Å². The Labute approximate surface area is 218 Å². The highest BCUT2D eigenvalue weighted by Crippen LogP contribution is 2.36. The molecule has 1 unspecified atom stereocenters. The van der Waals surface area contributed by atoms with Crippen molar-refractivity contribution in [1.82, 2.24) is 0 Å². The van der Waals surface area contributed by atoms with E-state index >= 15 is 0 Å². The van der Waals surface area contributed by atoms with Crippen molar-refractivity contribution < 1.29 is 35.9 Å². The Morgan fingerprint density at radius 2 is 1.55 bits per heavy atom. The Bertz CT molecular complexity index is 1650. The molecule has 4 aromatic carbocycles. The number of nitrogens with two attached hydrogens (primary N) is 1. The van der Waals surface area contributed by atoms with Gasteiger partial charge in [-0.1, -0.05) is 18.2 Å². The van der Waals surface area contributed by atoms with Gasteiger partial charge in [0.2, 0.25) is 10.0 Å². The van der Waals surface area contributed by atoms with Gasteiger partial charge in [-0.05, 0) is 77.9 Å². The van der Waals surface area contributed by atoms with E-state index in [2.05, 4.69) is 5.32 Å². The largest absolute Gasteiger partial charge is 0.755 e. The molecule has 4 N–H and O–H groups in total. The van der Waals surface area contributed by atoms with Crippen LogP contribution in [0.5, 0.6) is 5.75 Å². The number of sulfonamides is 1. The van der Waals surface area contributed by atoms with Crippen LogP contribution in [0.25, 0.3) is 11.1 Å². The lowest BCUT2D eigenvalue weighted by Gasteiger charge is -2.27. The Morgan fingerprint density at radius 3 is 2.16 bits per heavy atom. The lowest BCUT2D eigenvalue weighted by molar-refractivity contribution is 0.102. The van der Waals surface area contributed by atoms with Gasteiger partial charge in [0.1, 0.15) is 22.3 Å². The molecule has 0 aromatic heterocycles. The molecule has 0 radical (unpaired) electrons. The maximum absolute atomic E-state index is 13.8. The zero-order chi connectivity index (χ0) is 27.6. The number of nitrogens with zero attached hydrogens (tertiary/aromatic N) is 1. The maximum Gasteiger partial charge on any atom is 0.255 e. The molecule has 38 heavy (non-hydrogen) atoms. The van der Waals surface area contributed by atoms with Crippen molar-refractivity contribution in [2.75, 3.05) is 9.62 Å². The number of anilines is 3. The summed E-state index contributed by atoms with van der Waals surface area (Å²) < 4.78 is 74.9. The molecule has 0 aliphatic rings. The van der Waals surface area contributed by atoms with Crippen LogP contribution in [0, 0.1) is 11.6 Å². The maximum atomic E-state index is 13.8. The summed E-state index contributed by atoms with van der Waals surface area (Å²) in [4.78, 5) is 12.1. The predicted octanol–water partition coefficient (Wildman–Crippen LogP) is 4.17. The van der Waals surface area contributed by atoms with Gasteiger partial charge in [0.25, 0.3) is 5.91 Å². The van der Waals surface area contributed by atoms with Crippen LogP contribution in [0.3, 0.4) is 0 Å². The molecule has 4 aromatic rings. The van der Waals surface area contributed by atoms with E-state index in [1.54, 1.807) is 0 Å². The number of primary sulfonamides is 1. The van der Waals surface area contributed by atoms with E-state index in [9.17, 15) is 35.9 Å². The van der Waals surface area contributed by atoms with Crippen molar-refractivity contribution >= 4 is 44.3 Å². The molecule has 4 rings (SSSR count). The molecule has 13 heteroatoms. The van der Waals surface area contributed by atoms with Crippen LogP contribution in [0.1, 0.15) is 10.4 Å². The van der Waals surface area contributed by atoms with E-state index in [1.807, 2.05) is 0 Å². The van der Waals surface area contributed by atoms with E-state index < -0.39 is 49.5 Å². The zero-order valence-corrected chi connectivity index (χ0v) is 20.8. The number of nitrogens with one attached hydrogen (secondary N) is 1. The third-order valence-corrected chi connectivity index (χ3v) is 7.01. The van der Waals surface area contributed by atoms with Crippen molar-refractivity contribution in [3.8, 4) is 16.9 Å². The topological polar surface area (TPSA) is 153 Å². The molecule has 1 amide bonds. The Balaban J connectivity index is 1.58. The van der Waals surface area contributed by atoms with Crippen molar-refractivity contribution in [2.45, 2.75) is 4.90 Å². The van der Waals surface area contributed by atoms with Crippen molar-refractivity contribution in [1.29, 1.82) is 0 Å². The Morgan fingerprint density at radius 1 is 0.921 bits per heavy atom. The molecule has 9 nitrogen and oxygen atoms in total. The molecule has 0 saturated carbocycles. The number of hydrogen-bond acceptors (Lipinski definition) is 6. The fourth-order valence-electron chi connectivity index (χ4n) is 3.56. The standard InChI is InChI=1S/C25H19F2N3O6S2/c26-18-6-9-20(10-7-18)30(37(33)34)22-14-19(8-12-23(22)31)29-25(32)16-3-1-15(2-4-16)17-5-11-21(27)24(13-17)38(28,35)36/h1-14,31H,(H,29,32)(H,33,34)(H2,28,35,36)/p-1. The number of benzene rings is 4. The fourth-order valence-corrected chi connectivity index (χ4v) is 4.80. The first-order valence-corrected chi connectivity index (χ1v) is 13.2. The summed E-state index contributed by atoms with van der Waals surface area (Å²) in [5.74, 6) is -2.54. The Hall–Kier alpha value is -4.17. The summed E-state index contributed by atoms with van der Waals surface area (Å²) in [6.45, 7) is 0. The van der Waals surface area contributed by atoms with E-state index in [4.69, 9.17) is 5.14 Å². The first-order valence-electron chi connectivity index (χ1n) is 10.7. The van der Waals surface area contributed by atoms with Crippen LogP contribution in [0.4, 0.5) is 25.8 Å². The molecule has 0 spiro atoms. The first-order chi connectivity index (χ1) is 17.9. The predicted molar refractivity (Wildman–Crippen MR) is 137 cm³/mol.